The van der Waals surface area contributed by atoms with Gasteiger partial charge < -0.3 is 19.7 Å². The molecule has 0 spiro atoms. The van der Waals surface area contributed by atoms with Crippen molar-refractivity contribution in [2.24, 2.45) is 0 Å². The lowest BCUT2D eigenvalue weighted by atomic mass is 9.90. The molecule has 1 saturated heterocycles. The second-order valence-electron chi connectivity index (χ2n) is 7.71. The van der Waals surface area contributed by atoms with Gasteiger partial charge in [-0.05, 0) is 23.3 Å². The van der Waals surface area contributed by atoms with E-state index in [1.165, 1.54) is 0 Å². The Kier molecular flexibility index (Phi) is 6.40. The summed E-state index contributed by atoms with van der Waals surface area (Å²) in [6.45, 7) is 0.399. The average Bonchev–Trinajstić information content (AvgIpc) is 3.19. The Hall–Kier alpha value is -3.80. The topological polar surface area (TPSA) is 67.9 Å². The lowest BCUT2D eigenvalue weighted by Crippen LogP contribution is -2.40. The van der Waals surface area contributed by atoms with Crippen LogP contribution >= 0.6 is 0 Å². The van der Waals surface area contributed by atoms with Gasteiger partial charge in [-0.2, -0.15) is 0 Å². The molecule has 6 heteroatoms. The zero-order valence-electron chi connectivity index (χ0n) is 18.2. The molecule has 32 heavy (non-hydrogen) atoms. The summed E-state index contributed by atoms with van der Waals surface area (Å²) in [5, 5.41) is 3.10. The van der Waals surface area contributed by atoms with E-state index in [2.05, 4.69) is 5.32 Å². The number of hydrogen-bond acceptors (Lipinski definition) is 4. The van der Waals surface area contributed by atoms with Crippen molar-refractivity contribution in [3.8, 4) is 11.5 Å². The number of ether oxygens (including phenoxy) is 2. The van der Waals surface area contributed by atoms with Crippen LogP contribution in [0.25, 0.3) is 0 Å². The first-order valence-corrected chi connectivity index (χ1v) is 10.5. The summed E-state index contributed by atoms with van der Waals surface area (Å²) >= 11 is 0. The van der Waals surface area contributed by atoms with Crippen molar-refractivity contribution in [1.29, 1.82) is 0 Å². The third-order valence-electron chi connectivity index (χ3n) is 5.68. The fourth-order valence-electron chi connectivity index (χ4n) is 4.12. The summed E-state index contributed by atoms with van der Waals surface area (Å²) in [6, 6.07) is 24.5. The first-order chi connectivity index (χ1) is 15.6. The Labute approximate surface area is 187 Å². The summed E-state index contributed by atoms with van der Waals surface area (Å²) in [5.74, 6) is 0.551. The maximum atomic E-state index is 13.4. The van der Waals surface area contributed by atoms with Crippen LogP contribution in [0.2, 0.25) is 0 Å². The summed E-state index contributed by atoms with van der Waals surface area (Å²) in [7, 11) is 3.13. The van der Waals surface area contributed by atoms with E-state index in [1.54, 1.807) is 31.3 Å². The Balaban J connectivity index is 1.52. The predicted molar refractivity (Wildman–Crippen MR) is 123 cm³/mol. The number of rotatable bonds is 7. The number of anilines is 1. The van der Waals surface area contributed by atoms with Crippen LogP contribution in [-0.2, 0) is 9.59 Å². The summed E-state index contributed by atoms with van der Waals surface area (Å²) in [5.41, 5.74) is 2.54. The molecule has 0 aromatic heterocycles. The second-order valence-corrected chi connectivity index (χ2v) is 7.71. The maximum Gasteiger partial charge on any atom is 0.232 e. The predicted octanol–water partition coefficient (Wildman–Crippen LogP) is 3.76. The van der Waals surface area contributed by atoms with Crippen molar-refractivity contribution in [2.75, 3.05) is 25.7 Å². The second kappa shape index (κ2) is 9.56. The summed E-state index contributed by atoms with van der Waals surface area (Å²) in [4.78, 5) is 27.8. The number of nitrogens with one attached hydrogen (secondary N) is 1. The quantitative estimate of drug-likeness (QED) is 0.620. The molecular formula is C26H26N2O4. The highest BCUT2D eigenvalue weighted by molar-refractivity contribution is 5.97. The molecule has 0 radical (unpaired) electrons. The van der Waals surface area contributed by atoms with E-state index in [4.69, 9.17) is 9.47 Å². The molecule has 3 aromatic rings. The van der Waals surface area contributed by atoms with Gasteiger partial charge in [0, 0.05) is 24.7 Å². The highest BCUT2D eigenvalue weighted by Gasteiger charge is 2.34. The smallest absolute Gasteiger partial charge is 0.232 e. The first kappa shape index (κ1) is 21.4. The molecule has 3 aromatic carbocycles. The van der Waals surface area contributed by atoms with Crippen molar-refractivity contribution in [3.63, 3.8) is 0 Å². The molecule has 0 aliphatic carbocycles. The van der Waals surface area contributed by atoms with Gasteiger partial charge in [0.25, 0.3) is 0 Å². The molecule has 1 atom stereocenters. The van der Waals surface area contributed by atoms with Crippen molar-refractivity contribution in [2.45, 2.75) is 18.4 Å². The molecule has 1 aliphatic rings. The normalized spacial score (nSPS) is 15.7. The Morgan fingerprint density at radius 2 is 1.50 bits per heavy atom. The lowest BCUT2D eigenvalue weighted by molar-refractivity contribution is -0.122. The Morgan fingerprint density at radius 3 is 2.06 bits per heavy atom. The van der Waals surface area contributed by atoms with Crippen molar-refractivity contribution < 1.29 is 19.1 Å². The largest absolute Gasteiger partial charge is 0.493 e. The fourth-order valence-corrected chi connectivity index (χ4v) is 4.12. The zero-order chi connectivity index (χ0) is 22.5. The Morgan fingerprint density at radius 1 is 0.906 bits per heavy atom. The molecule has 164 valence electrons. The van der Waals surface area contributed by atoms with E-state index in [1.807, 2.05) is 66.7 Å². The van der Waals surface area contributed by atoms with Crippen LogP contribution in [0, 0.1) is 0 Å². The Bertz CT molecular complexity index is 1050. The van der Waals surface area contributed by atoms with Crippen molar-refractivity contribution in [3.05, 3.63) is 90.0 Å². The van der Waals surface area contributed by atoms with E-state index in [0.29, 0.717) is 23.7 Å². The minimum atomic E-state index is -0.442. The van der Waals surface area contributed by atoms with Gasteiger partial charge in [-0.1, -0.05) is 60.7 Å². The van der Waals surface area contributed by atoms with Crippen LogP contribution < -0.4 is 19.7 Å². The molecule has 4 rings (SSSR count). The molecule has 1 heterocycles. The molecule has 1 fully saturated rings. The van der Waals surface area contributed by atoms with Gasteiger partial charge in [0.05, 0.1) is 26.2 Å². The molecule has 2 amide bonds. The number of carbonyl (C=O) groups excluding carboxylic acids is 2. The first-order valence-electron chi connectivity index (χ1n) is 10.5. The zero-order valence-corrected chi connectivity index (χ0v) is 18.2. The molecular weight excluding hydrogens is 404 g/mol. The number of hydrogen-bond donors (Lipinski definition) is 1. The van der Waals surface area contributed by atoms with E-state index in [0.717, 1.165) is 11.1 Å². The molecule has 0 bridgehead atoms. The molecule has 1 N–H and O–H groups in total. The molecule has 6 nitrogen and oxygen atoms in total. The van der Waals surface area contributed by atoms with E-state index >= 15 is 0 Å². The fraction of sp³-hybridized carbons (Fsp3) is 0.231. The third-order valence-corrected chi connectivity index (χ3v) is 5.68. The van der Waals surface area contributed by atoms with Gasteiger partial charge >= 0.3 is 0 Å². The third kappa shape index (κ3) is 4.44. The van der Waals surface area contributed by atoms with Gasteiger partial charge in [-0.15, -0.1) is 0 Å². The maximum absolute atomic E-state index is 13.4. The van der Waals surface area contributed by atoms with Crippen LogP contribution in [-0.4, -0.2) is 38.6 Å². The van der Waals surface area contributed by atoms with Gasteiger partial charge in [0.1, 0.15) is 0 Å². The number of nitrogens with zero attached hydrogens (tertiary/aromatic N) is 1. The number of amides is 2. The van der Waals surface area contributed by atoms with Crippen molar-refractivity contribution >= 4 is 17.5 Å². The number of benzene rings is 3. The van der Waals surface area contributed by atoms with Crippen LogP contribution in [0.3, 0.4) is 0 Å². The summed E-state index contributed by atoms with van der Waals surface area (Å²) in [6.07, 6.45) is 0.246. The van der Waals surface area contributed by atoms with Crippen LogP contribution in [0.5, 0.6) is 11.5 Å². The number of carbonyl (C=O) groups is 2. The molecule has 0 saturated carbocycles. The highest BCUT2D eigenvalue weighted by Crippen LogP contribution is 2.33. The molecule has 0 unspecified atom stereocenters. The number of methoxy groups -OCH3 is 2. The standard InChI is InChI=1S/C26H26N2O4/c1-31-22-14-13-21(16-23(22)32-2)28-17-20(15-24(28)29)27-26(30)25(18-9-5-3-6-10-18)19-11-7-4-8-12-19/h3-14,16,20,25H,15,17H2,1-2H3,(H,27,30)/t20-/m1/s1. The lowest BCUT2D eigenvalue weighted by Gasteiger charge is -2.22. The van der Waals surface area contributed by atoms with Crippen LogP contribution in [0.15, 0.2) is 78.9 Å². The average molecular weight is 431 g/mol. The molecule has 1 aliphatic heterocycles. The highest BCUT2D eigenvalue weighted by atomic mass is 16.5. The monoisotopic (exact) mass is 430 g/mol. The van der Waals surface area contributed by atoms with E-state index < -0.39 is 5.92 Å². The van der Waals surface area contributed by atoms with Crippen LogP contribution in [0.4, 0.5) is 5.69 Å². The minimum absolute atomic E-state index is 0.0431. The van der Waals surface area contributed by atoms with Gasteiger partial charge in [0.15, 0.2) is 11.5 Å². The van der Waals surface area contributed by atoms with Gasteiger partial charge in [0.2, 0.25) is 11.8 Å². The summed E-state index contributed by atoms with van der Waals surface area (Å²) < 4.78 is 10.6. The van der Waals surface area contributed by atoms with Gasteiger partial charge in [-0.3, -0.25) is 9.59 Å². The van der Waals surface area contributed by atoms with Crippen LogP contribution in [0.1, 0.15) is 23.5 Å². The van der Waals surface area contributed by atoms with Crippen molar-refractivity contribution in [1.82, 2.24) is 5.32 Å². The van der Waals surface area contributed by atoms with E-state index in [9.17, 15) is 9.59 Å². The SMILES string of the molecule is COc1ccc(N2C[C@H](NC(=O)C(c3ccccc3)c3ccccc3)CC2=O)cc1OC. The van der Waals surface area contributed by atoms with E-state index in [-0.39, 0.29) is 24.3 Å². The minimum Gasteiger partial charge on any atom is -0.493 e. The van der Waals surface area contributed by atoms with Gasteiger partial charge in [-0.25, -0.2) is 0 Å².